The van der Waals surface area contributed by atoms with E-state index < -0.39 is 0 Å². The third-order valence-corrected chi connectivity index (χ3v) is 16.3. The molecule has 0 bridgehead atoms. The van der Waals surface area contributed by atoms with Crippen molar-refractivity contribution in [2.75, 3.05) is 0 Å². The highest BCUT2D eigenvalue weighted by molar-refractivity contribution is 6.17. The molecule has 9 aromatic carbocycles. The molecule has 0 saturated heterocycles. The fraction of sp³-hybridized carbons (Fsp3) is 0.123. The van der Waals surface area contributed by atoms with E-state index in [1.807, 2.05) is 0 Å². The Morgan fingerprint density at radius 3 is 1.69 bits per heavy atom. The predicted molar refractivity (Wildman–Crippen MR) is 328 cm³/mol. The average Bonchev–Trinajstić information content (AvgIpc) is 4.10. The Morgan fingerprint density at radius 1 is 0.500 bits per heavy atom. The third kappa shape index (κ3) is 8.43. The van der Waals surface area contributed by atoms with Gasteiger partial charge in [-0.1, -0.05) is 227 Å². The van der Waals surface area contributed by atoms with Gasteiger partial charge in [-0.25, -0.2) is 9.98 Å². The number of hydrogen-bond donors (Lipinski definition) is 1. The molecule has 2 aromatic heterocycles. The molecule has 11 aromatic rings. The molecule has 5 heteroatoms. The van der Waals surface area contributed by atoms with Crippen molar-refractivity contribution in [3.63, 3.8) is 0 Å². The lowest BCUT2D eigenvalue weighted by atomic mass is 9.73. The van der Waals surface area contributed by atoms with Crippen LogP contribution in [0.3, 0.4) is 0 Å². The summed E-state index contributed by atoms with van der Waals surface area (Å²) in [5.74, 6) is 1.76. The first-order valence-corrected chi connectivity index (χ1v) is 27.5. The second-order valence-electron chi connectivity index (χ2n) is 22.1. The van der Waals surface area contributed by atoms with Crippen molar-refractivity contribution in [2.45, 2.75) is 45.2 Å². The highest BCUT2D eigenvalue weighted by Crippen LogP contribution is 2.49. The lowest BCUT2D eigenvalue weighted by Crippen LogP contribution is -2.36. The van der Waals surface area contributed by atoms with Gasteiger partial charge in [-0.3, -0.25) is 0 Å². The number of fused-ring (bicyclic) bond motifs is 6. The van der Waals surface area contributed by atoms with Crippen LogP contribution in [0.2, 0.25) is 0 Å². The molecule has 1 unspecified atom stereocenters. The van der Waals surface area contributed by atoms with E-state index in [9.17, 15) is 0 Å². The second-order valence-corrected chi connectivity index (χ2v) is 22.1. The highest BCUT2D eigenvalue weighted by Gasteiger charge is 2.36. The second kappa shape index (κ2) is 19.4. The van der Waals surface area contributed by atoms with Crippen molar-refractivity contribution < 1.29 is 0 Å². The molecule has 2 aliphatic carbocycles. The molecule has 1 aliphatic heterocycles. The van der Waals surface area contributed by atoms with Crippen LogP contribution in [0.4, 0.5) is 0 Å². The monoisotopic (exact) mass is 1010 g/mol. The molecule has 5 nitrogen and oxygen atoms in total. The van der Waals surface area contributed by atoms with Crippen molar-refractivity contribution in [2.24, 2.45) is 21.8 Å². The molecule has 0 amide bonds. The van der Waals surface area contributed by atoms with Crippen LogP contribution in [0, 0.1) is 11.8 Å². The SMILES string of the molecule is CC(C)(C)c1ccc2c(c1)c1cc(-n3c4ccccc4c4ccccc43)ccc1n2C1=C(c2ccc(-c3ccccc3)cc2)C=C(C2=NC(c3ccccc3)=NC(c3ccccc3)N2)C[C@@H]1[C@@H]1C=CC(c2ccccc2)=CC1. The number of nitrogens with one attached hydrogen (secondary N) is 1. The fourth-order valence-corrected chi connectivity index (χ4v) is 12.3. The summed E-state index contributed by atoms with van der Waals surface area (Å²) in [5, 5.41) is 8.89. The maximum Gasteiger partial charge on any atom is 0.159 e. The molecule has 1 N–H and O–H groups in total. The molecule has 0 saturated carbocycles. The van der Waals surface area contributed by atoms with E-state index in [2.05, 4.69) is 290 Å². The van der Waals surface area contributed by atoms with E-state index in [0.717, 1.165) is 52.5 Å². The minimum atomic E-state index is -0.323. The number of hydrogen-bond acceptors (Lipinski definition) is 3. The lowest BCUT2D eigenvalue weighted by molar-refractivity contribution is 0.476. The Labute approximate surface area is 456 Å². The van der Waals surface area contributed by atoms with Crippen LogP contribution in [0.25, 0.3) is 77.3 Å². The molecule has 0 spiro atoms. The number of allylic oxidation sites excluding steroid dienone is 7. The number of rotatable bonds is 9. The summed E-state index contributed by atoms with van der Waals surface area (Å²) in [7, 11) is 0. The summed E-state index contributed by atoms with van der Waals surface area (Å²) in [5.41, 5.74) is 18.9. The molecule has 78 heavy (non-hydrogen) atoms. The van der Waals surface area contributed by atoms with Gasteiger partial charge < -0.3 is 14.5 Å². The summed E-state index contributed by atoms with van der Waals surface area (Å²) >= 11 is 0. The predicted octanol–water partition coefficient (Wildman–Crippen LogP) is 18.0. The number of aliphatic imine (C=N–C) groups is 2. The molecule has 0 fully saturated rings. The van der Waals surface area contributed by atoms with Crippen LogP contribution < -0.4 is 5.32 Å². The third-order valence-electron chi connectivity index (χ3n) is 16.3. The Morgan fingerprint density at radius 2 is 1.05 bits per heavy atom. The zero-order chi connectivity index (χ0) is 52.3. The molecule has 3 atom stereocenters. The maximum atomic E-state index is 5.49. The maximum absolute atomic E-state index is 5.49. The van der Waals surface area contributed by atoms with E-state index in [4.69, 9.17) is 9.98 Å². The fourth-order valence-electron chi connectivity index (χ4n) is 12.3. The normalized spacial score (nSPS) is 17.8. The molecule has 0 radical (unpaired) electrons. The van der Waals surface area contributed by atoms with Crippen molar-refractivity contribution >= 4 is 72.1 Å². The van der Waals surface area contributed by atoms with E-state index in [-0.39, 0.29) is 23.4 Å². The number of aromatic nitrogens is 2. The van der Waals surface area contributed by atoms with Crippen LogP contribution in [0.15, 0.2) is 270 Å². The zero-order valence-corrected chi connectivity index (χ0v) is 44.2. The summed E-state index contributed by atoms with van der Waals surface area (Å²) in [6.45, 7) is 6.97. The van der Waals surface area contributed by atoms with Crippen LogP contribution in [-0.2, 0) is 5.41 Å². The van der Waals surface area contributed by atoms with Crippen molar-refractivity contribution in [1.29, 1.82) is 0 Å². The van der Waals surface area contributed by atoms with Gasteiger partial charge >= 0.3 is 0 Å². The van der Waals surface area contributed by atoms with Gasteiger partial charge in [-0.15, -0.1) is 0 Å². The number of benzene rings is 9. The highest BCUT2D eigenvalue weighted by atomic mass is 15.2. The first-order chi connectivity index (χ1) is 38.3. The molecular formula is C73H59N5. The summed E-state index contributed by atoms with van der Waals surface area (Å²) in [6.07, 6.45) is 11.1. The smallest absolute Gasteiger partial charge is 0.159 e. The van der Waals surface area contributed by atoms with Gasteiger partial charge in [0.15, 0.2) is 5.84 Å². The van der Waals surface area contributed by atoms with Crippen molar-refractivity contribution in [1.82, 2.24) is 14.5 Å². The minimum absolute atomic E-state index is 0.0236. The number of para-hydroxylation sites is 2. The number of nitrogens with zero attached hydrogens (tertiary/aromatic N) is 4. The van der Waals surface area contributed by atoms with E-state index in [0.29, 0.717) is 0 Å². The molecule has 14 rings (SSSR count). The summed E-state index contributed by atoms with van der Waals surface area (Å²) < 4.78 is 5.10. The Hall–Kier alpha value is -9.32. The molecule has 3 heterocycles. The molecule has 3 aliphatic rings. The van der Waals surface area contributed by atoms with Gasteiger partial charge in [0.05, 0.1) is 22.1 Å². The van der Waals surface area contributed by atoms with Gasteiger partial charge in [-0.05, 0) is 117 Å². The van der Waals surface area contributed by atoms with Crippen LogP contribution in [0.1, 0.15) is 67.6 Å². The Kier molecular flexibility index (Phi) is 11.7. The van der Waals surface area contributed by atoms with Crippen molar-refractivity contribution in [3.05, 3.63) is 288 Å². The van der Waals surface area contributed by atoms with Crippen LogP contribution in [0.5, 0.6) is 0 Å². The summed E-state index contributed by atoms with van der Waals surface area (Å²) in [4.78, 5) is 10.8. The minimum Gasteiger partial charge on any atom is -0.344 e. The van der Waals surface area contributed by atoms with E-state index >= 15 is 0 Å². The standard InChI is InChI=1S/C73H59N5/c1-73(2,3)57-40-42-67-63(46-57)64-47-58(77-65-30-18-16-28-59(65)60-29-17-19-31-66(60)77)41-43-68(64)78(67)69-61(52-36-32-50(33-37-52)48-20-8-4-9-21-48)44-56(45-62(69)53-38-34-51(35-39-53)49-22-10-5-11-23-49)72-75-70(54-24-12-6-13-25-54)74-71(76-72)55-26-14-7-15-27-55/h4-38,40-44,46-47,53,62,70H,39,45H2,1-3H3,(H,74,75,76)/t53-,62-,70?/m1/s1. The van der Waals surface area contributed by atoms with Gasteiger partial charge in [0.2, 0.25) is 0 Å². The van der Waals surface area contributed by atoms with E-state index in [1.165, 1.54) is 82.7 Å². The summed E-state index contributed by atoms with van der Waals surface area (Å²) in [6, 6.07) is 83.9. The van der Waals surface area contributed by atoms with Crippen LogP contribution >= 0.6 is 0 Å². The van der Waals surface area contributed by atoms with E-state index in [1.54, 1.807) is 0 Å². The van der Waals surface area contributed by atoms with Crippen LogP contribution in [-0.4, -0.2) is 20.8 Å². The first-order valence-electron chi connectivity index (χ1n) is 27.5. The molecule has 376 valence electrons. The molecular weight excluding hydrogens is 947 g/mol. The first kappa shape index (κ1) is 47.2. The average molecular weight is 1010 g/mol. The number of amidine groups is 2. The largest absolute Gasteiger partial charge is 0.344 e. The zero-order valence-electron chi connectivity index (χ0n) is 44.2. The van der Waals surface area contributed by atoms with Gasteiger partial charge in [0, 0.05) is 50.0 Å². The van der Waals surface area contributed by atoms with Crippen molar-refractivity contribution in [3.8, 4) is 16.8 Å². The topological polar surface area (TPSA) is 46.6 Å². The lowest BCUT2D eigenvalue weighted by Gasteiger charge is -2.36. The Balaban J connectivity index is 1.04. The Bertz CT molecular complexity index is 4240. The van der Waals surface area contributed by atoms with Gasteiger partial charge in [-0.2, -0.15) is 0 Å². The van der Waals surface area contributed by atoms with Gasteiger partial charge in [0.25, 0.3) is 0 Å². The van der Waals surface area contributed by atoms with Gasteiger partial charge in [0.1, 0.15) is 12.0 Å². The quantitative estimate of drug-likeness (QED) is 0.154.